The Labute approximate surface area is 376 Å². The van der Waals surface area contributed by atoms with Crippen LogP contribution >= 0.6 is 0 Å². The van der Waals surface area contributed by atoms with E-state index >= 15 is 0 Å². The van der Waals surface area contributed by atoms with Crippen LogP contribution in [0.4, 0.5) is 11.6 Å². The maximum atomic E-state index is 13.3. The number of aliphatic hydroxyl groups excluding tert-OH is 5. The van der Waals surface area contributed by atoms with Gasteiger partial charge in [-0.3, -0.25) is 19.4 Å². The summed E-state index contributed by atoms with van der Waals surface area (Å²) in [5.74, 6) is 0.181. The number of fused-ring (bicyclic) bond motifs is 3. The van der Waals surface area contributed by atoms with Crippen molar-refractivity contribution in [1.82, 2.24) is 24.7 Å². The highest BCUT2D eigenvalue weighted by Crippen LogP contribution is 2.62. The van der Waals surface area contributed by atoms with Gasteiger partial charge in [0.15, 0.2) is 6.29 Å². The fourth-order valence-corrected chi connectivity index (χ4v) is 12.6. The molecule has 2 aromatic rings. The zero-order chi connectivity index (χ0) is 45.4. The van der Waals surface area contributed by atoms with Crippen molar-refractivity contribution in [2.24, 2.45) is 45.4 Å². The average molecular weight is 898 g/mol. The quantitative estimate of drug-likeness (QED) is 0.0945. The first-order valence-corrected chi connectivity index (χ1v) is 22.9. The molecule has 0 radical (unpaired) electrons. The standard InChI is InChI=1S/C47H59N7O11/c1-46-10-9-36(65-44-42(61)41(60)40(59)34(22-55)64-44)47(2,23-56)35(46)15-33-31(21-54-12-11-48-45(54)50-33)32(46)8-5-26-14-30(63-43(26)62)13-25-3-6-29(7-4-25)49-37(57)16-38(58)51-39-27-17-52-19-28(39)20-53(18-27)24-52/h3-8,11-14,27-28,31-32,34-36,39-42,44,55-56,59-61H,9-10,15-24H2,1-2H3,(H,49,57)(H,51,58)/t27?,28?,31?,32?,34?,35?,36-,39?,40?,41?,42?,44?,46-,47+/m1/s1. The lowest BCUT2D eigenvalue weighted by molar-refractivity contribution is -0.329. The maximum Gasteiger partial charge on any atom is 0.343 e. The van der Waals surface area contributed by atoms with E-state index in [2.05, 4.69) is 38.4 Å². The fraction of sp³-hybridized carbons (Fsp3) is 0.596. The molecule has 1 aromatic heterocycles. The van der Waals surface area contributed by atoms with Crippen molar-refractivity contribution in [2.75, 3.05) is 51.4 Å². The third-order valence-electron chi connectivity index (χ3n) is 15.9. The van der Waals surface area contributed by atoms with Gasteiger partial charge in [0, 0.05) is 85.7 Å². The van der Waals surface area contributed by atoms with Crippen molar-refractivity contribution in [1.29, 1.82) is 0 Å². The molecule has 1 aromatic carbocycles. The number of piperidine rings is 2. The zero-order valence-electron chi connectivity index (χ0n) is 36.6. The number of carbonyl (C=O) groups is 3. The monoisotopic (exact) mass is 897 g/mol. The summed E-state index contributed by atoms with van der Waals surface area (Å²) < 4.78 is 19.9. The third kappa shape index (κ3) is 8.09. The van der Waals surface area contributed by atoms with Crippen LogP contribution in [0.15, 0.2) is 71.2 Å². The van der Waals surface area contributed by atoms with E-state index in [0.29, 0.717) is 60.6 Å². The molecule has 8 heterocycles. The van der Waals surface area contributed by atoms with Crippen molar-refractivity contribution >= 4 is 41.2 Å². The number of aromatic nitrogens is 2. The Balaban J connectivity index is 0.826. The van der Waals surface area contributed by atoms with Crippen LogP contribution in [0.5, 0.6) is 0 Å². The number of allylic oxidation sites excluding steroid dienone is 2. The van der Waals surface area contributed by atoms with Gasteiger partial charge >= 0.3 is 5.97 Å². The van der Waals surface area contributed by atoms with Gasteiger partial charge in [-0.25, -0.2) is 14.8 Å². The van der Waals surface area contributed by atoms with Crippen molar-refractivity contribution in [3.63, 3.8) is 0 Å². The van der Waals surface area contributed by atoms with Gasteiger partial charge in [0.1, 0.15) is 36.6 Å². The van der Waals surface area contributed by atoms with E-state index in [0.717, 1.165) is 44.1 Å². The SMILES string of the molecule is C[C@]12CC[C@@H](OC3OC(CO)C(O)C(O)C3O)[C@@](C)(CO)C1CC1=Nc3nccn3CC1C2C=CC1=CC(=Cc2ccc(NC(=O)CC(=O)NC3C4CN5CC3CN(C4)C5)cc2)OC1=O. The number of imidazole rings is 1. The van der Waals surface area contributed by atoms with Crippen LogP contribution in [0.2, 0.25) is 0 Å². The van der Waals surface area contributed by atoms with Gasteiger partial charge in [-0.15, -0.1) is 0 Å². The number of hydrogen-bond acceptors (Lipinski definition) is 15. The number of aliphatic imine (C=N–C) groups is 1. The Morgan fingerprint density at radius 3 is 2.43 bits per heavy atom. The number of nitrogens with one attached hydrogen (secondary N) is 2. The lowest BCUT2D eigenvalue weighted by Crippen LogP contribution is -2.71. The largest absolute Gasteiger partial charge is 0.423 e. The van der Waals surface area contributed by atoms with Crippen LogP contribution in [0.1, 0.15) is 45.1 Å². The van der Waals surface area contributed by atoms with E-state index in [1.54, 1.807) is 42.6 Å². The molecule has 7 fully saturated rings. The smallest absolute Gasteiger partial charge is 0.343 e. The number of anilines is 1. The zero-order valence-corrected chi connectivity index (χ0v) is 36.6. The molecule has 348 valence electrons. The predicted octanol–water partition coefficient (Wildman–Crippen LogP) is 0.934. The van der Waals surface area contributed by atoms with E-state index in [4.69, 9.17) is 19.2 Å². The van der Waals surface area contributed by atoms with Crippen molar-refractivity contribution in [3.05, 3.63) is 71.8 Å². The number of amides is 2. The van der Waals surface area contributed by atoms with Crippen molar-refractivity contribution in [2.45, 2.75) is 88.9 Å². The van der Waals surface area contributed by atoms with Gasteiger partial charge in [0.05, 0.1) is 31.6 Å². The molecule has 7 aliphatic heterocycles. The van der Waals surface area contributed by atoms with Gasteiger partial charge < -0.3 is 54.9 Å². The molecule has 2 aliphatic carbocycles. The van der Waals surface area contributed by atoms with Crippen LogP contribution in [-0.4, -0.2) is 157 Å². The first kappa shape index (κ1) is 44.2. The molecule has 8 unspecified atom stereocenters. The second kappa shape index (κ2) is 17.2. The summed E-state index contributed by atoms with van der Waals surface area (Å²) >= 11 is 0. The number of aliphatic hydroxyl groups is 5. The second-order valence-electron chi connectivity index (χ2n) is 20.0. The third-order valence-corrected chi connectivity index (χ3v) is 15.9. The first-order valence-electron chi connectivity index (χ1n) is 22.9. The van der Waals surface area contributed by atoms with E-state index in [9.17, 15) is 39.9 Å². The van der Waals surface area contributed by atoms with Gasteiger partial charge in [-0.1, -0.05) is 38.1 Å². The number of cyclic esters (lactones) is 1. The summed E-state index contributed by atoms with van der Waals surface area (Å²) in [5, 5.41) is 58.7. The predicted molar refractivity (Wildman–Crippen MR) is 233 cm³/mol. The Kier molecular flexibility index (Phi) is 11.7. The van der Waals surface area contributed by atoms with Crippen LogP contribution in [0.25, 0.3) is 6.08 Å². The molecular formula is C47H59N7O11. The maximum absolute atomic E-state index is 13.3. The average Bonchev–Trinajstić information content (AvgIpc) is 3.89. The number of hydrogen-bond donors (Lipinski definition) is 7. The Morgan fingerprint density at radius 2 is 1.72 bits per heavy atom. The van der Waals surface area contributed by atoms with Crippen LogP contribution in [-0.2, 0) is 35.1 Å². The molecule has 18 heteroatoms. The molecule has 11 atom stereocenters. The van der Waals surface area contributed by atoms with Crippen LogP contribution in [0.3, 0.4) is 0 Å². The summed E-state index contributed by atoms with van der Waals surface area (Å²) in [5.41, 5.74) is 1.26. The van der Waals surface area contributed by atoms with E-state index in [1.165, 1.54) is 0 Å². The minimum atomic E-state index is -1.60. The molecule has 11 rings (SSSR count). The second-order valence-corrected chi connectivity index (χ2v) is 20.0. The number of nitrogens with zero attached hydrogens (tertiary/aromatic N) is 5. The van der Waals surface area contributed by atoms with Crippen molar-refractivity contribution < 1.29 is 54.1 Å². The van der Waals surface area contributed by atoms with Gasteiger partial charge in [0.2, 0.25) is 17.8 Å². The molecule has 18 nitrogen and oxygen atoms in total. The van der Waals surface area contributed by atoms with E-state index in [1.807, 2.05) is 23.8 Å². The fourth-order valence-electron chi connectivity index (χ4n) is 12.6. The lowest BCUT2D eigenvalue weighted by atomic mass is 9.45. The molecule has 5 saturated heterocycles. The lowest BCUT2D eigenvalue weighted by Gasteiger charge is -2.62. The number of carbonyl (C=O) groups excluding carboxylic acids is 3. The molecule has 65 heavy (non-hydrogen) atoms. The molecule has 9 aliphatic rings. The van der Waals surface area contributed by atoms with E-state index < -0.39 is 60.2 Å². The van der Waals surface area contributed by atoms with Crippen molar-refractivity contribution in [3.8, 4) is 0 Å². The highest BCUT2D eigenvalue weighted by molar-refractivity contribution is 6.03. The normalized spacial score (nSPS) is 41.0. The Bertz CT molecular complexity index is 2280. The molecule has 4 bridgehead atoms. The molecular weight excluding hydrogens is 839 g/mol. The summed E-state index contributed by atoms with van der Waals surface area (Å²) in [6, 6.07) is 7.17. The van der Waals surface area contributed by atoms with Crippen LogP contribution < -0.4 is 10.6 Å². The van der Waals surface area contributed by atoms with E-state index in [-0.39, 0.29) is 48.6 Å². The number of esters is 1. The van der Waals surface area contributed by atoms with Gasteiger partial charge in [0.25, 0.3) is 0 Å². The Hall–Kier alpha value is -4.63. The highest BCUT2D eigenvalue weighted by Gasteiger charge is 2.62. The summed E-state index contributed by atoms with van der Waals surface area (Å²) in [4.78, 5) is 53.4. The summed E-state index contributed by atoms with van der Waals surface area (Å²) in [6.07, 6.45) is 4.50. The van der Waals surface area contributed by atoms with Gasteiger partial charge in [-0.05, 0) is 66.4 Å². The first-order chi connectivity index (χ1) is 31.2. The van der Waals surface area contributed by atoms with Gasteiger partial charge in [-0.2, -0.15) is 0 Å². The topological polar surface area (TPSA) is 241 Å². The Morgan fingerprint density at radius 1 is 0.985 bits per heavy atom. The minimum absolute atomic E-state index is 0.0414. The highest BCUT2D eigenvalue weighted by atomic mass is 16.7. The molecule has 7 N–H and O–H groups in total. The number of benzene rings is 1. The summed E-state index contributed by atoms with van der Waals surface area (Å²) in [6.45, 7) is 8.87. The number of ether oxygens (including phenoxy) is 3. The molecule has 2 saturated carbocycles. The summed E-state index contributed by atoms with van der Waals surface area (Å²) in [7, 11) is 0. The molecule has 2 amide bonds. The number of rotatable bonds is 11. The molecule has 0 spiro atoms. The minimum Gasteiger partial charge on any atom is -0.423 e. The van der Waals surface area contributed by atoms with Crippen LogP contribution in [0, 0.1) is 40.4 Å².